The molecule has 38 heavy (non-hydrogen) atoms. The first-order chi connectivity index (χ1) is 18.2. The fraction of sp³-hybridized carbons (Fsp3) is 0.333. The molecule has 0 bridgehead atoms. The van der Waals surface area contributed by atoms with Crippen molar-refractivity contribution in [2.24, 2.45) is 16.5 Å². The number of hydrogen-bond acceptors (Lipinski definition) is 8. The van der Waals surface area contributed by atoms with E-state index in [1.54, 1.807) is 30.3 Å². The Labute approximate surface area is 223 Å². The van der Waals surface area contributed by atoms with Gasteiger partial charge in [0.05, 0.1) is 0 Å². The molecule has 0 unspecified atom stereocenters. The number of hydrazine groups is 1. The second kappa shape index (κ2) is 15.7. The zero-order chi connectivity index (χ0) is 27.9. The molecule has 13 nitrogen and oxygen atoms in total. The molecule has 6 N–H and O–H groups in total. The molecule has 0 aliphatic carbocycles. The number of thioether (sulfide) groups is 1. The summed E-state index contributed by atoms with van der Waals surface area (Å²) in [6.45, 7) is -0.230. The van der Waals surface area contributed by atoms with Gasteiger partial charge in [0.1, 0.15) is 12.6 Å². The quantitative estimate of drug-likeness (QED) is 0.0837. The number of nitrogens with zero attached hydrogens (tertiary/aromatic N) is 3. The number of rotatable bonds is 15. The second-order valence-electron chi connectivity index (χ2n) is 7.99. The van der Waals surface area contributed by atoms with Crippen molar-refractivity contribution in [3.05, 3.63) is 81.9 Å². The number of nitrogens with one attached hydrogen (secondary N) is 1. The highest BCUT2D eigenvalue weighted by atomic mass is 32.2. The molecule has 2 aromatic carbocycles. The summed E-state index contributed by atoms with van der Waals surface area (Å²) in [4.78, 5) is 53.3. The van der Waals surface area contributed by atoms with Crippen molar-refractivity contribution < 1.29 is 29.3 Å². The topological polar surface area (TPSA) is 203 Å². The molecule has 204 valence electrons. The predicted molar refractivity (Wildman–Crippen MR) is 141 cm³/mol. The lowest BCUT2D eigenvalue weighted by Gasteiger charge is -2.23. The normalized spacial score (nSPS) is 12.0. The SMILES string of the molecule is NC(N)=NCCC[C@@H](C(=O)N[C@@H](CSCc1ccccc1)C(=O)O)N(C(=O)OCc1ccccc1)[N+](=O)[O-]. The number of carbonyl (C=O) groups excluding carboxylic acids is 2. The number of ether oxygens (including phenoxy) is 1. The van der Waals surface area contributed by atoms with Crippen LogP contribution >= 0.6 is 11.8 Å². The van der Waals surface area contributed by atoms with E-state index in [1.165, 1.54) is 11.8 Å². The van der Waals surface area contributed by atoms with Crippen molar-refractivity contribution in [3.8, 4) is 0 Å². The van der Waals surface area contributed by atoms with Gasteiger partial charge in [0.25, 0.3) is 0 Å². The largest absolute Gasteiger partial charge is 0.480 e. The summed E-state index contributed by atoms with van der Waals surface area (Å²) >= 11 is 1.27. The third-order valence-corrected chi connectivity index (χ3v) is 6.21. The number of aliphatic imine (C=N–C) groups is 1. The third-order valence-electron chi connectivity index (χ3n) is 5.11. The highest BCUT2D eigenvalue weighted by Gasteiger charge is 2.41. The molecular formula is C24H30N6O7S. The maximum absolute atomic E-state index is 13.1. The van der Waals surface area contributed by atoms with Crippen LogP contribution in [0, 0.1) is 10.1 Å². The zero-order valence-electron chi connectivity index (χ0n) is 20.5. The minimum atomic E-state index is -1.68. The van der Waals surface area contributed by atoms with Crippen LogP contribution in [-0.2, 0) is 26.7 Å². The highest BCUT2D eigenvalue weighted by molar-refractivity contribution is 7.98. The number of benzene rings is 2. The Morgan fingerprint density at radius 1 is 1.08 bits per heavy atom. The number of nitro groups is 1. The highest BCUT2D eigenvalue weighted by Crippen LogP contribution is 2.16. The molecule has 0 aliphatic heterocycles. The molecule has 0 spiro atoms. The Morgan fingerprint density at radius 3 is 2.24 bits per heavy atom. The van der Waals surface area contributed by atoms with Crippen LogP contribution in [-0.4, -0.2) is 63.5 Å². The third kappa shape index (κ3) is 10.3. The van der Waals surface area contributed by atoms with Gasteiger partial charge in [-0.05, 0) is 29.0 Å². The first-order valence-corrected chi connectivity index (χ1v) is 12.7. The van der Waals surface area contributed by atoms with Crippen LogP contribution in [0.4, 0.5) is 4.79 Å². The van der Waals surface area contributed by atoms with Crippen LogP contribution in [0.3, 0.4) is 0 Å². The standard InChI is InChI=1S/C24H30N6O7S/c25-23(26)27-13-7-12-20(29(30(35)36)24(34)37-14-17-8-3-1-4-9-17)21(31)28-19(22(32)33)16-38-15-18-10-5-2-6-11-18/h1-6,8-11,19-20H,7,12-16H2,(H,28,31)(H,32,33)(H4,25,26,27)/t19-,20-/m0/s1. The summed E-state index contributed by atoms with van der Waals surface area (Å²) in [5.74, 6) is -2.06. The number of carboxylic acid groups (broad SMARTS) is 1. The van der Waals surface area contributed by atoms with Crippen molar-refractivity contribution in [2.45, 2.75) is 37.3 Å². The van der Waals surface area contributed by atoms with Gasteiger partial charge < -0.3 is 26.6 Å². The van der Waals surface area contributed by atoms with Crippen LogP contribution in [0.2, 0.25) is 0 Å². The Morgan fingerprint density at radius 2 is 1.68 bits per heavy atom. The molecule has 0 aromatic heterocycles. The molecule has 0 fully saturated rings. The fourth-order valence-electron chi connectivity index (χ4n) is 3.26. The first kappa shape index (κ1) is 29.9. The van der Waals surface area contributed by atoms with E-state index >= 15 is 0 Å². The number of guanidine groups is 1. The summed E-state index contributed by atoms with van der Waals surface area (Å²) in [5, 5.41) is 22.8. The predicted octanol–water partition coefficient (Wildman–Crippen LogP) is 1.74. The molecule has 2 amide bonds. The molecule has 2 atom stereocenters. The Kier molecular flexibility index (Phi) is 12.4. The van der Waals surface area contributed by atoms with Crippen LogP contribution in [0.5, 0.6) is 0 Å². The van der Waals surface area contributed by atoms with Gasteiger partial charge in [0.2, 0.25) is 5.91 Å². The first-order valence-electron chi connectivity index (χ1n) is 11.5. The lowest BCUT2D eigenvalue weighted by molar-refractivity contribution is -0.641. The molecule has 0 radical (unpaired) electrons. The van der Waals surface area contributed by atoms with E-state index in [0.29, 0.717) is 11.3 Å². The number of carboxylic acids is 1. The average Bonchev–Trinajstić information content (AvgIpc) is 2.89. The summed E-state index contributed by atoms with van der Waals surface area (Å²) in [6, 6.07) is 14.8. The van der Waals surface area contributed by atoms with Gasteiger partial charge in [-0.3, -0.25) is 9.79 Å². The van der Waals surface area contributed by atoms with E-state index in [0.717, 1.165) is 5.56 Å². The van der Waals surface area contributed by atoms with Gasteiger partial charge in [-0.15, -0.1) is 0 Å². The minimum Gasteiger partial charge on any atom is -0.480 e. The second-order valence-corrected chi connectivity index (χ2v) is 9.02. The minimum absolute atomic E-state index is 0.00634. The van der Waals surface area contributed by atoms with Crippen LogP contribution in [0.25, 0.3) is 0 Å². The van der Waals surface area contributed by atoms with Gasteiger partial charge in [0.15, 0.2) is 17.0 Å². The lowest BCUT2D eigenvalue weighted by atomic mass is 10.1. The maximum Gasteiger partial charge on any atom is 0.469 e. The number of aliphatic carboxylic acids is 1. The van der Waals surface area contributed by atoms with Crippen LogP contribution in [0.15, 0.2) is 65.7 Å². The van der Waals surface area contributed by atoms with E-state index in [9.17, 15) is 29.6 Å². The summed E-state index contributed by atoms with van der Waals surface area (Å²) < 4.78 is 5.07. The van der Waals surface area contributed by atoms with E-state index in [1.807, 2.05) is 30.3 Å². The number of nitrogens with two attached hydrogens (primary N) is 2. The smallest absolute Gasteiger partial charge is 0.469 e. The monoisotopic (exact) mass is 546 g/mol. The van der Waals surface area contributed by atoms with Gasteiger partial charge in [0, 0.05) is 18.1 Å². The van der Waals surface area contributed by atoms with Crippen molar-refractivity contribution in [1.29, 1.82) is 0 Å². The van der Waals surface area contributed by atoms with Gasteiger partial charge in [-0.2, -0.15) is 11.8 Å². The Hall–Kier alpha value is -4.33. The molecule has 2 rings (SSSR count). The van der Waals surface area contributed by atoms with E-state index in [2.05, 4.69) is 10.3 Å². The number of amides is 2. The molecule has 0 saturated heterocycles. The van der Waals surface area contributed by atoms with Crippen molar-refractivity contribution in [1.82, 2.24) is 10.3 Å². The van der Waals surface area contributed by atoms with Crippen molar-refractivity contribution in [3.63, 3.8) is 0 Å². The Bertz CT molecular complexity index is 1100. The summed E-state index contributed by atoms with van der Waals surface area (Å²) in [6.07, 6.45) is -1.51. The zero-order valence-corrected chi connectivity index (χ0v) is 21.3. The summed E-state index contributed by atoms with van der Waals surface area (Å²) in [7, 11) is 0. The van der Waals surface area contributed by atoms with E-state index < -0.39 is 35.1 Å². The Balaban J connectivity index is 2.14. The van der Waals surface area contributed by atoms with Crippen molar-refractivity contribution in [2.75, 3.05) is 12.3 Å². The average molecular weight is 547 g/mol. The lowest BCUT2D eigenvalue weighted by Crippen LogP contribution is -2.55. The summed E-state index contributed by atoms with van der Waals surface area (Å²) in [5.41, 5.74) is 12.1. The molecule has 14 heteroatoms. The number of hydrogen-bond donors (Lipinski definition) is 4. The van der Waals surface area contributed by atoms with Crippen LogP contribution in [0.1, 0.15) is 24.0 Å². The number of carbonyl (C=O) groups is 3. The van der Waals surface area contributed by atoms with Gasteiger partial charge >= 0.3 is 12.1 Å². The van der Waals surface area contributed by atoms with E-state index in [4.69, 9.17) is 16.2 Å². The molecule has 2 aromatic rings. The molecule has 0 saturated carbocycles. The van der Waals surface area contributed by atoms with E-state index in [-0.39, 0.29) is 42.7 Å². The van der Waals surface area contributed by atoms with Gasteiger partial charge in [-0.1, -0.05) is 60.7 Å². The van der Waals surface area contributed by atoms with Crippen molar-refractivity contribution >= 4 is 35.7 Å². The maximum atomic E-state index is 13.1. The molecule has 0 heterocycles. The fourth-order valence-corrected chi connectivity index (χ4v) is 4.27. The van der Waals surface area contributed by atoms with Gasteiger partial charge in [-0.25, -0.2) is 19.7 Å². The van der Waals surface area contributed by atoms with Crippen LogP contribution < -0.4 is 16.8 Å². The molecular weight excluding hydrogens is 516 g/mol. The molecule has 0 aliphatic rings.